The summed E-state index contributed by atoms with van der Waals surface area (Å²) in [6.45, 7) is 8.50. The molecule has 2 N–H and O–H groups in total. The lowest BCUT2D eigenvalue weighted by Gasteiger charge is -2.24. The van der Waals surface area contributed by atoms with Gasteiger partial charge in [0.25, 0.3) is 0 Å². The Morgan fingerprint density at radius 2 is 1.95 bits per heavy atom. The van der Waals surface area contributed by atoms with Gasteiger partial charge in [0.1, 0.15) is 18.5 Å². The Labute approximate surface area is 128 Å². The second kappa shape index (κ2) is 8.37. The highest BCUT2D eigenvalue weighted by Gasteiger charge is 2.17. The topological polar surface area (TPSA) is 44.7 Å². The molecule has 2 rings (SSSR count). The molecule has 1 heterocycles. The van der Waals surface area contributed by atoms with Crippen LogP contribution in [0.15, 0.2) is 24.3 Å². The Morgan fingerprint density at radius 1 is 1.24 bits per heavy atom. The van der Waals surface area contributed by atoms with Crippen molar-refractivity contribution in [2.24, 2.45) is 0 Å². The molecule has 1 aliphatic heterocycles. The molecule has 118 valence electrons. The first-order valence-electron chi connectivity index (χ1n) is 7.98. The molecule has 2 unspecified atom stereocenters. The molecule has 1 saturated heterocycles. The summed E-state index contributed by atoms with van der Waals surface area (Å²) in [6.07, 6.45) is 2.16. The molecule has 0 saturated carbocycles. The molecule has 0 amide bonds. The zero-order chi connectivity index (χ0) is 15.1. The normalized spacial score (nSPS) is 18.6. The summed E-state index contributed by atoms with van der Waals surface area (Å²) in [5.74, 6) is 0.849. The van der Waals surface area contributed by atoms with Gasteiger partial charge in [-0.05, 0) is 51.4 Å². The molecule has 0 radical (unpaired) electrons. The molecule has 1 aromatic rings. The van der Waals surface area contributed by atoms with Crippen molar-refractivity contribution in [2.75, 3.05) is 32.8 Å². The largest absolute Gasteiger partial charge is 0.491 e. The van der Waals surface area contributed by atoms with E-state index in [2.05, 4.69) is 17.1 Å². The molecule has 4 nitrogen and oxygen atoms in total. The Balaban J connectivity index is 1.61. The second-order valence-electron chi connectivity index (χ2n) is 5.98. The van der Waals surface area contributed by atoms with Crippen LogP contribution in [0.25, 0.3) is 0 Å². The van der Waals surface area contributed by atoms with Gasteiger partial charge in [0, 0.05) is 19.1 Å². The summed E-state index contributed by atoms with van der Waals surface area (Å²) in [6, 6.07) is 8.42. The van der Waals surface area contributed by atoms with E-state index in [1.54, 1.807) is 0 Å². The van der Waals surface area contributed by atoms with Crippen LogP contribution in [0.5, 0.6) is 5.75 Å². The van der Waals surface area contributed by atoms with Gasteiger partial charge in [0.05, 0.1) is 0 Å². The average Bonchev–Trinajstić information content (AvgIpc) is 3.00. The maximum atomic E-state index is 9.98. The Bertz CT molecular complexity index is 419. The van der Waals surface area contributed by atoms with Crippen molar-refractivity contribution in [1.82, 2.24) is 10.2 Å². The first-order valence-corrected chi connectivity index (χ1v) is 7.98. The van der Waals surface area contributed by atoms with Crippen LogP contribution < -0.4 is 10.1 Å². The van der Waals surface area contributed by atoms with Crippen molar-refractivity contribution < 1.29 is 9.84 Å². The van der Waals surface area contributed by atoms with Gasteiger partial charge >= 0.3 is 0 Å². The standard InChI is InChI=1S/C17H28N2O2/c1-14-7-3-4-8-17(14)21-13-16(20)12-18-11-15(2)19-9-5-6-10-19/h3-4,7-8,15-16,18,20H,5-6,9-13H2,1-2H3. The van der Waals surface area contributed by atoms with Crippen molar-refractivity contribution in [3.8, 4) is 5.75 Å². The van der Waals surface area contributed by atoms with E-state index in [0.29, 0.717) is 19.2 Å². The summed E-state index contributed by atoms with van der Waals surface area (Å²) in [5, 5.41) is 13.3. The van der Waals surface area contributed by atoms with Crippen molar-refractivity contribution in [2.45, 2.75) is 38.8 Å². The second-order valence-corrected chi connectivity index (χ2v) is 5.98. The number of aliphatic hydroxyl groups is 1. The minimum atomic E-state index is -0.476. The molecule has 1 aromatic carbocycles. The molecular formula is C17H28N2O2. The van der Waals surface area contributed by atoms with Crippen LogP contribution in [0.1, 0.15) is 25.3 Å². The molecule has 1 fully saturated rings. The highest BCUT2D eigenvalue weighted by atomic mass is 16.5. The summed E-state index contributed by atoms with van der Waals surface area (Å²) >= 11 is 0. The molecule has 21 heavy (non-hydrogen) atoms. The molecule has 1 aliphatic rings. The van der Waals surface area contributed by atoms with Gasteiger partial charge in [-0.15, -0.1) is 0 Å². The third kappa shape index (κ3) is 5.30. The fourth-order valence-electron chi connectivity index (χ4n) is 2.73. The number of hydrogen-bond donors (Lipinski definition) is 2. The quantitative estimate of drug-likeness (QED) is 0.767. The van der Waals surface area contributed by atoms with Gasteiger partial charge in [-0.1, -0.05) is 18.2 Å². The fourth-order valence-corrected chi connectivity index (χ4v) is 2.73. The SMILES string of the molecule is Cc1ccccc1OCC(O)CNCC(C)N1CCCC1. The Morgan fingerprint density at radius 3 is 2.67 bits per heavy atom. The highest BCUT2D eigenvalue weighted by molar-refractivity contribution is 5.31. The van der Waals surface area contributed by atoms with Crippen molar-refractivity contribution >= 4 is 0 Å². The van der Waals surface area contributed by atoms with Crippen LogP contribution in [0.2, 0.25) is 0 Å². The number of rotatable bonds is 8. The minimum absolute atomic E-state index is 0.329. The van der Waals surface area contributed by atoms with E-state index in [9.17, 15) is 5.11 Å². The van der Waals surface area contributed by atoms with E-state index in [4.69, 9.17) is 4.74 Å². The average molecular weight is 292 g/mol. The van der Waals surface area contributed by atoms with Gasteiger partial charge in [-0.2, -0.15) is 0 Å². The third-order valence-corrected chi connectivity index (χ3v) is 4.11. The van der Waals surface area contributed by atoms with Crippen LogP contribution in [-0.4, -0.2) is 54.9 Å². The molecule has 0 aromatic heterocycles. The van der Waals surface area contributed by atoms with Crippen LogP contribution in [0.3, 0.4) is 0 Å². The lowest BCUT2D eigenvalue weighted by molar-refractivity contribution is 0.104. The van der Waals surface area contributed by atoms with Gasteiger partial charge in [-0.3, -0.25) is 4.90 Å². The van der Waals surface area contributed by atoms with Crippen LogP contribution in [0, 0.1) is 6.92 Å². The lowest BCUT2D eigenvalue weighted by Crippen LogP contribution is -2.41. The van der Waals surface area contributed by atoms with E-state index in [1.807, 2.05) is 31.2 Å². The summed E-state index contributed by atoms with van der Waals surface area (Å²) in [5.41, 5.74) is 1.10. The zero-order valence-electron chi connectivity index (χ0n) is 13.2. The number of likely N-dealkylation sites (tertiary alicyclic amines) is 1. The number of nitrogens with zero attached hydrogens (tertiary/aromatic N) is 1. The number of hydrogen-bond acceptors (Lipinski definition) is 4. The Kier molecular flexibility index (Phi) is 6.49. The van der Waals surface area contributed by atoms with Gasteiger partial charge in [0.15, 0.2) is 0 Å². The number of benzene rings is 1. The molecule has 0 bridgehead atoms. The third-order valence-electron chi connectivity index (χ3n) is 4.11. The number of nitrogens with one attached hydrogen (secondary N) is 1. The van der Waals surface area contributed by atoms with Crippen LogP contribution in [0.4, 0.5) is 0 Å². The predicted molar refractivity (Wildman–Crippen MR) is 85.8 cm³/mol. The summed E-state index contributed by atoms with van der Waals surface area (Å²) in [7, 11) is 0. The van der Waals surface area contributed by atoms with Gasteiger partial charge < -0.3 is 15.2 Å². The van der Waals surface area contributed by atoms with E-state index < -0.39 is 6.10 Å². The van der Waals surface area contributed by atoms with Crippen LogP contribution in [-0.2, 0) is 0 Å². The smallest absolute Gasteiger partial charge is 0.122 e. The highest BCUT2D eigenvalue weighted by Crippen LogP contribution is 2.16. The zero-order valence-corrected chi connectivity index (χ0v) is 13.2. The van der Waals surface area contributed by atoms with Crippen molar-refractivity contribution in [3.05, 3.63) is 29.8 Å². The fraction of sp³-hybridized carbons (Fsp3) is 0.647. The molecule has 2 atom stereocenters. The summed E-state index contributed by atoms with van der Waals surface area (Å²) in [4.78, 5) is 2.50. The van der Waals surface area contributed by atoms with Gasteiger partial charge in [0.2, 0.25) is 0 Å². The van der Waals surface area contributed by atoms with E-state index in [0.717, 1.165) is 17.9 Å². The lowest BCUT2D eigenvalue weighted by atomic mass is 10.2. The molecule has 0 aliphatic carbocycles. The minimum Gasteiger partial charge on any atom is -0.491 e. The van der Waals surface area contributed by atoms with Crippen molar-refractivity contribution in [3.63, 3.8) is 0 Å². The van der Waals surface area contributed by atoms with Crippen molar-refractivity contribution in [1.29, 1.82) is 0 Å². The first kappa shape index (κ1) is 16.3. The first-order chi connectivity index (χ1) is 10.2. The monoisotopic (exact) mass is 292 g/mol. The maximum Gasteiger partial charge on any atom is 0.122 e. The number of para-hydroxylation sites is 1. The number of ether oxygens (including phenoxy) is 1. The Hall–Kier alpha value is -1.10. The van der Waals surface area contributed by atoms with Crippen LogP contribution >= 0.6 is 0 Å². The van der Waals surface area contributed by atoms with E-state index in [-0.39, 0.29) is 0 Å². The van der Waals surface area contributed by atoms with Gasteiger partial charge in [-0.25, -0.2) is 0 Å². The predicted octanol–water partition coefficient (Wildman–Crippen LogP) is 1.81. The maximum absolute atomic E-state index is 9.98. The molecule has 0 spiro atoms. The number of aryl methyl sites for hydroxylation is 1. The molecule has 4 heteroatoms. The number of aliphatic hydroxyl groups excluding tert-OH is 1. The molecular weight excluding hydrogens is 264 g/mol. The van der Waals surface area contributed by atoms with E-state index in [1.165, 1.54) is 25.9 Å². The summed E-state index contributed by atoms with van der Waals surface area (Å²) < 4.78 is 5.66. The van der Waals surface area contributed by atoms with E-state index >= 15 is 0 Å².